The lowest BCUT2D eigenvalue weighted by molar-refractivity contribution is 0.469. The second-order valence-corrected chi connectivity index (χ2v) is 4.72. The first kappa shape index (κ1) is 12.1. The SMILES string of the molecule is CCC(CCN)n1cnc2cc(C)c(C)cc21. The van der Waals surface area contributed by atoms with Crippen LogP contribution in [0.3, 0.4) is 0 Å². The van der Waals surface area contributed by atoms with E-state index in [1.54, 1.807) is 0 Å². The highest BCUT2D eigenvalue weighted by atomic mass is 15.1. The summed E-state index contributed by atoms with van der Waals surface area (Å²) < 4.78 is 2.27. The van der Waals surface area contributed by atoms with Gasteiger partial charge in [0.05, 0.1) is 17.4 Å². The molecule has 0 saturated heterocycles. The molecule has 3 nitrogen and oxygen atoms in total. The predicted octanol–water partition coefficient (Wildman–Crippen LogP) is 2.95. The van der Waals surface area contributed by atoms with Crippen molar-refractivity contribution in [3.05, 3.63) is 29.6 Å². The number of hydrogen-bond acceptors (Lipinski definition) is 2. The van der Waals surface area contributed by atoms with E-state index in [-0.39, 0.29) is 0 Å². The third-order valence-electron chi connectivity index (χ3n) is 3.55. The topological polar surface area (TPSA) is 43.8 Å². The number of aromatic nitrogens is 2. The van der Waals surface area contributed by atoms with E-state index in [2.05, 4.69) is 42.5 Å². The number of nitrogens with two attached hydrogens (primary N) is 1. The van der Waals surface area contributed by atoms with Crippen molar-refractivity contribution >= 4 is 11.0 Å². The van der Waals surface area contributed by atoms with Gasteiger partial charge in [-0.25, -0.2) is 4.98 Å². The molecule has 17 heavy (non-hydrogen) atoms. The van der Waals surface area contributed by atoms with Crippen molar-refractivity contribution in [1.29, 1.82) is 0 Å². The minimum absolute atomic E-state index is 0.465. The van der Waals surface area contributed by atoms with Crippen LogP contribution in [-0.2, 0) is 0 Å². The molecule has 92 valence electrons. The minimum Gasteiger partial charge on any atom is -0.330 e. The summed E-state index contributed by atoms with van der Waals surface area (Å²) in [6.07, 6.45) is 4.05. The molecule has 0 saturated carbocycles. The number of nitrogens with zero attached hydrogens (tertiary/aromatic N) is 2. The Labute approximate surface area is 103 Å². The predicted molar refractivity (Wildman–Crippen MR) is 72.2 cm³/mol. The normalized spacial score (nSPS) is 13.2. The maximum absolute atomic E-state index is 5.68. The molecule has 2 N–H and O–H groups in total. The summed E-state index contributed by atoms with van der Waals surface area (Å²) in [5, 5.41) is 0. The molecule has 0 amide bonds. The smallest absolute Gasteiger partial charge is 0.0960 e. The number of hydrogen-bond donors (Lipinski definition) is 1. The number of aryl methyl sites for hydroxylation is 2. The van der Waals surface area contributed by atoms with Crippen LogP contribution in [0, 0.1) is 13.8 Å². The van der Waals surface area contributed by atoms with Crippen molar-refractivity contribution in [2.45, 2.75) is 39.7 Å². The molecular weight excluding hydrogens is 210 g/mol. The number of imidazole rings is 1. The van der Waals surface area contributed by atoms with Crippen molar-refractivity contribution in [2.75, 3.05) is 6.54 Å². The Morgan fingerprint density at radius 1 is 1.29 bits per heavy atom. The monoisotopic (exact) mass is 231 g/mol. The van der Waals surface area contributed by atoms with Crippen LogP contribution < -0.4 is 5.73 Å². The van der Waals surface area contributed by atoms with E-state index in [0.717, 1.165) is 24.9 Å². The van der Waals surface area contributed by atoms with Crippen LogP contribution in [-0.4, -0.2) is 16.1 Å². The first-order chi connectivity index (χ1) is 8.17. The van der Waals surface area contributed by atoms with Crippen LogP contribution in [0.1, 0.15) is 36.9 Å². The Bertz CT molecular complexity index is 513. The number of fused-ring (bicyclic) bond motifs is 1. The van der Waals surface area contributed by atoms with Crippen LogP contribution in [0.15, 0.2) is 18.5 Å². The molecule has 0 aliphatic carbocycles. The second-order valence-electron chi connectivity index (χ2n) is 4.72. The summed E-state index contributed by atoms with van der Waals surface area (Å²) in [4.78, 5) is 4.49. The molecule has 0 fully saturated rings. The molecule has 0 aliphatic rings. The molecule has 3 heteroatoms. The van der Waals surface area contributed by atoms with Gasteiger partial charge in [0, 0.05) is 6.04 Å². The van der Waals surface area contributed by atoms with Gasteiger partial charge in [0.1, 0.15) is 0 Å². The fraction of sp³-hybridized carbons (Fsp3) is 0.500. The summed E-state index contributed by atoms with van der Waals surface area (Å²) in [7, 11) is 0. The molecule has 1 heterocycles. The molecule has 1 unspecified atom stereocenters. The van der Waals surface area contributed by atoms with Gasteiger partial charge < -0.3 is 10.3 Å². The van der Waals surface area contributed by atoms with Crippen LogP contribution in [0.5, 0.6) is 0 Å². The van der Waals surface area contributed by atoms with E-state index in [4.69, 9.17) is 5.73 Å². The quantitative estimate of drug-likeness (QED) is 0.879. The standard InChI is InChI=1S/C14H21N3/c1-4-12(5-6-15)17-9-16-13-7-10(2)11(3)8-14(13)17/h7-9,12H,4-6,15H2,1-3H3. The Kier molecular flexibility index (Phi) is 3.48. The lowest BCUT2D eigenvalue weighted by Gasteiger charge is -2.17. The van der Waals surface area contributed by atoms with Gasteiger partial charge in [-0.15, -0.1) is 0 Å². The minimum atomic E-state index is 0.465. The molecule has 0 spiro atoms. The van der Waals surface area contributed by atoms with Crippen molar-refractivity contribution in [3.8, 4) is 0 Å². The molecule has 1 atom stereocenters. The molecule has 0 bridgehead atoms. The fourth-order valence-electron chi connectivity index (χ4n) is 2.31. The van der Waals surface area contributed by atoms with E-state index in [1.165, 1.54) is 16.6 Å². The van der Waals surface area contributed by atoms with Gasteiger partial charge in [-0.1, -0.05) is 6.92 Å². The van der Waals surface area contributed by atoms with Crippen molar-refractivity contribution in [3.63, 3.8) is 0 Å². The number of rotatable bonds is 4. The summed E-state index contributed by atoms with van der Waals surface area (Å²) in [6.45, 7) is 7.21. The van der Waals surface area contributed by atoms with Crippen molar-refractivity contribution < 1.29 is 0 Å². The lowest BCUT2D eigenvalue weighted by Crippen LogP contribution is -2.12. The first-order valence-electron chi connectivity index (χ1n) is 6.31. The highest BCUT2D eigenvalue weighted by molar-refractivity contribution is 5.77. The van der Waals surface area contributed by atoms with E-state index in [1.807, 2.05) is 6.33 Å². The van der Waals surface area contributed by atoms with Gasteiger partial charge in [0.15, 0.2) is 0 Å². The second kappa shape index (κ2) is 4.88. The van der Waals surface area contributed by atoms with E-state index in [0.29, 0.717) is 6.04 Å². The van der Waals surface area contributed by atoms with Crippen LogP contribution in [0.4, 0.5) is 0 Å². The van der Waals surface area contributed by atoms with Gasteiger partial charge in [0.25, 0.3) is 0 Å². The zero-order valence-corrected chi connectivity index (χ0v) is 10.9. The van der Waals surface area contributed by atoms with E-state index >= 15 is 0 Å². The summed E-state index contributed by atoms with van der Waals surface area (Å²) in [5.74, 6) is 0. The summed E-state index contributed by atoms with van der Waals surface area (Å²) in [5.41, 5.74) is 10.6. The third kappa shape index (κ3) is 2.20. The highest BCUT2D eigenvalue weighted by Gasteiger charge is 2.12. The van der Waals surface area contributed by atoms with Gasteiger partial charge in [-0.3, -0.25) is 0 Å². The molecule has 1 aromatic heterocycles. The molecule has 1 aromatic carbocycles. The average Bonchev–Trinajstić information content (AvgIpc) is 2.70. The van der Waals surface area contributed by atoms with Crippen LogP contribution in [0.25, 0.3) is 11.0 Å². The zero-order valence-electron chi connectivity index (χ0n) is 10.9. The van der Waals surface area contributed by atoms with E-state index in [9.17, 15) is 0 Å². The summed E-state index contributed by atoms with van der Waals surface area (Å²) in [6, 6.07) is 4.86. The third-order valence-corrected chi connectivity index (χ3v) is 3.55. The highest BCUT2D eigenvalue weighted by Crippen LogP contribution is 2.24. The van der Waals surface area contributed by atoms with E-state index < -0.39 is 0 Å². The van der Waals surface area contributed by atoms with Gasteiger partial charge in [-0.05, 0) is 56.5 Å². The zero-order chi connectivity index (χ0) is 12.4. The maximum atomic E-state index is 5.68. The van der Waals surface area contributed by atoms with Crippen LogP contribution in [0.2, 0.25) is 0 Å². The van der Waals surface area contributed by atoms with Gasteiger partial charge in [-0.2, -0.15) is 0 Å². The van der Waals surface area contributed by atoms with Gasteiger partial charge >= 0.3 is 0 Å². The molecule has 0 aliphatic heterocycles. The lowest BCUT2D eigenvalue weighted by atomic mass is 10.1. The molecule has 2 rings (SSSR count). The van der Waals surface area contributed by atoms with Crippen LogP contribution >= 0.6 is 0 Å². The molecule has 2 aromatic rings. The Morgan fingerprint density at radius 2 is 2.00 bits per heavy atom. The van der Waals surface area contributed by atoms with Crippen molar-refractivity contribution in [2.24, 2.45) is 5.73 Å². The average molecular weight is 231 g/mol. The largest absolute Gasteiger partial charge is 0.330 e. The fourth-order valence-corrected chi connectivity index (χ4v) is 2.31. The molecular formula is C14H21N3. The maximum Gasteiger partial charge on any atom is 0.0960 e. The first-order valence-corrected chi connectivity index (χ1v) is 6.31. The van der Waals surface area contributed by atoms with Gasteiger partial charge in [0.2, 0.25) is 0 Å². The van der Waals surface area contributed by atoms with Crippen molar-refractivity contribution in [1.82, 2.24) is 9.55 Å². The Morgan fingerprint density at radius 3 is 2.65 bits per heavy atom. The Balaban J connectivity index is 2.51. The molecule has 0 radical (unpaired) electrons. The summed E-state index contributed by atoms with van der Waals surface area (Å²) >= 11 is 0. The number of benzene rings is 1. The Hall–Kier alpha value is -1.35.